The first-order valence-electron chi connectivity index (χ1n) is 8.22. The first kappa shape index (κ1) is 18.3. The van der Waals surface area contributed by atoms with Crippen molar-refractivity contribution in [3.8, 4) is 10.6 Å². The van der Waals surface area contributed by atoms with Crippen molar-refractivity contribution in [3.63, 3.8) is 0 Å². The van der Waals surface area contributed by atoms with Crippen molar-refractivity contribution in [2.75, 3.05) is 5.32 Å². The molecule has 2 N–H and O–H groups in total. The van der Waals surface area contributed by atoms with Crippen LogP contribution in [-0.4, -0.2) is 19.8 Å². The molecule has 26 heavy (non-hydrogen) atoms. The number of rotatable bonds is 4. The van der Waals surface area contributed by atoms with E-state index in [9.17, 15) is 5.21 Å². The van der Waals surface area contributed by atoms with Crippen molar-refractivity contribution >= 4 is 38.7 Å². The van der Waals surface area contributed by atoms with Crippen LogP contribution in [-0.2, 0) is 6.54 Å². The molecule has 6 nitrogen and oxygen atoms in total. The summed E-state index contributed by atoms with van der Waals surface area (Å²) >= 11 is 5.14. The summed E-state index contributed by atoms with van der Waals surface area (Å²) in [5, 5.41) is 19.3. The third-order valence-electron chi connectivity index (χ3n) is 3.52. The van der Waals surface area contributed by atoms with Gasteiger partial charge in [-0.15, -0.1) is 11.3 Å². The Kier molecular flexibility index (Phi) is 5.85. The van der Waals surface area contributed by atoms with Gasteiger partial charge in [0.25, 0.3) is 0 Å². The topological polar surface area (TPSA) is 66.3 Å². The van der Waals surface area contributed by atoms with Gasteiger partial charge in [-0.25, -0.2) is 4.98 Å². The second-order valence-electron chi connectivity index (χ2n) is 5.18. The van der Waals surface area contributed by atoms with Crippen LogP contribution in [0.2, 0.25) is 0 Å². The lowest BCUT2D eigenvalue weighted by atomic mass is 10.3. The number of fused-ring (bicyclic) bond motifs is 1. The van der Waals surface area contributed by atoms with E-state index in [0.717, 1.165) is 36.8 Å². The maximum atomic E-state index is 9.51. The number of halogens is 1. The SMILES string of the molecule is CC.O[n+]1cccc(CNc2cc(-c3cccs3)nc3c(Br)cnn23)c1. The van der Waals surface area contributed by atoms with Crippen LogP contribution in [0, 0.1) is 0 Å². The van der Waals surface area contributed by atoms with Crippen LogP contribution in [0.25, 0.3) is 16.2 Å². The van der Waals surface area contributed by atoms with E-state index in [0.29, 0.717) is 6.54 Å². The first-order chi connectivity index (χ1) is 12.7. The van der Waals surface area contributed by atoms with Gasteiger partial charge in [0.1, 0.15) is 5.82 Å². The maximum Gasteiger partial charge on any atom is 0.227 e. The predicted octanol–water partition coefficient (Wildman–Crippen LogP) is 4.38. The molecule has 0 bridgehead atoms. The van der Waals surface area contributed by atoms with Crippen LogP contribution in [0.15, 0.2) is 58.8 Å². The van der Waals surface area contributed by atoms with E-state index in [1.54, 1.807) is 40.5 Å². The van der Waals surface area contributed by atoms with E-state index < -0.39 is 0 Å². The average molecular weight is 433 g/mol. The Hall–Kier alpha value is -2.45. The summed E-state index contributed by atoms with van der Waals surface area (Å²) in [4.78, 5) is 5.79. The highest BCUT2D eigenvalue weighted by Gasteiger charge is 2.12. The summed E-state index contributed by atoms with van der Waals surface area (Å²) in [6.07, 6.45) is 4.97. The molecule has 8 heteroatoms. The summed E-state index contributed by atoms with van der Waals surface area (Å²) in [7, 11) is 0. The first-order valence-corrected chi connectivity index (χ1v) is 9.89. The fourth-order valence-corrected chi connectivity index (χ4v) is 3.45. The van der Waals surface area contributed by atoms with E-state index in [1.165, 1.54) is 0 Å². The van der Waals surface area contributed by atoms with Gasteiger partial charge in [0.2, 0.25) is 12.4 Å². The number of thiophene rings is 1. The van der Waals surface area contributed by atoms with Crippen LogP contribution in [0.3, 0.4) is 0 Å². The van der Waals surface area contributed by atoms with Crippen molar-refractivity contribution in [1.29, 1.82) is 0 Å². The predicted molar refractivity (Wildman–Crippen MR) is 106 cm³/mol. The molecule has 0 aromatic carbocycles. The zero-order valence-corrected chi connectivity index (χ0v) is 16.8. The monoisotopic (exact) mass is 432 g/mol. The van der Waals surface area contributed by atoms with Crippen molar-refractivity contribution in [3.05, 3.63) is 64.3 Å². The lowest BCUT2D eigenvalue weighted by molar-refractivity contribution is -0.905. The maximum absolute atomic E-state index is 9.51. The number of hydrogen-bond donors (Lipinski definition) is 2. The van der Waals surface area contributed by atoms with Crippen LogP contribution < -0.4 is 10.0 Å². The standard InChI is InChI=1S/C16H13BrN5OS.C2H6/c17-12-9-19-22-15(18-8-11-3-1-5-21(23)10-11)7-13(20-16(12)22)14-4-2-6-24-14;1-2/h1-7,9-10,18,23H,8H2;1-2H3/q+1;. The summed E-state index contributed by atoms with van der Waals surface area (Å²) in [6, 6.07) is 9.77. The molecule has 4 aromatic rings. The fourth-order valence-electron chi connectivity index (χ4n) is 2.42. The molecule has 4 heterocycles. The Balaban J connectivity index is 0.000000948. The molecule has 0 saturated heterocycles. The molecule has 0 aliphatic carbocycles. The molecule has 0 aliphatic rings. The molecule has 0 amide bonds. The van der Waals surface area contributed by atoms with E-state index in [-0.39, 0.29) is 0 Å². The molecule has 4 aromatic heterocycles. The van der Waals surface area contributed by atoms with Gasteiger partial charge in [-0.05, 0) is 33.4 Å². The Bertz CT molecular complexity index is 1000. The number of pyridine rings is 1. The third-order valence-corrected chi connectivity index (χ3v) is 4.97. The van der Waals surface area contributed by atoms with Crippen LogP contribution in [0.5, 0.6) is 0 Å². The number of anilines is 1. The lowest BCUT2D eigenvalue weighted by Crippen LogP contribution is -2.29. The van der Waals surface area contributed by atoms with Gasteiger partial charge in [-0.1, -0.05) is 19.9 Å². The van der Waals surface area contributed by atoms with E-state index in [1.807, 2.05) is 43.5 Å². The zero-order chi connectivity index (χ0) is 18.5. The normalized spacial score (nSPS) is 10.4. The van der Waals surface area contributed by atoms with Crippen molar-refractivity contribution in [1.82, 2.24) is 14.6 Å². The Morgan fingerprint density at radius 2 is 2.15 bits per heavy atom. The van der Waals surface area contributed by atoms with E-state index in [4.69, 9.17) is 0 Å². The fraction of sp³-hybridized carbons (Fsp3) is 0.167. The Morgan fingerprint density at radius 3 is 2.88 bits per heavy atom. The molecule has 4 rings (SSSR count). The number of nitrogens with one attached hydrogen (secondary N) is 1. The number of hydrogen-bond acceptors (Lipinski definition) is 5. The summed E-state index contributed by atoms with van der Waals surface area (Å²) in [5.74, 6) is 0.836. The van der Waals surface area contributed by atoms with Crippen LogP contribution in [0.4, 0.5) is 5.82 Å². The smallest absolute Gasteiger partial charge is 0.227 e. The molecule has 0 unspecified atom stereocenters. The largest absolute Gasteiger partial charge is 0.366 e. The molecular weight excluding hydrogens is 414 g/mol. The van der Waals surface area contributed by atoms with Gasteiger partial charge in [0, 0.05) is 29.0 Å². The molecule has 0 spiro atoms. The van der Waals surface area contributed by atoms with Gasteiger partial charge in [0.05, 0.1) is 21.2 Å². The molecule has 0 fully saturated rings. The van der Waals surface area contributed by atoms with Crippen molar-refractivity contribution in [2.24, 2.45) is 0 Å². The zero-order valence-electron chi connectivity index (χ0n) is 14.4. The lowest BCUT2D eigenvalue weighted by Gasteiger charge is -2.09. The number of nitrogens with zero attached hydrogens (tertiary/aromatic N) is 4. The second-order valence-corrected chi connectivity index (χ2v) is 6.98. The highest BCUT2D eigenvalue weighted by molar-refractivity contribution is 9.10. The molecular formula is C18H19BrN5OS+. The van der Waals surface area contributed by atoms with Gasteiger partial charge >= 0.3 is 0 Å². The van der Waals surface area contributed by atoms with Crippen LogP contribution >= 0.6 is 27.3 Å². The minimum atomic E-state index is 0.557. The molecule has 0 atom stereocenters. The van der Waals surface area contributed by atoms with E-state index >= 15 is 0 Å². The summed E-state index contributed by atoms with van der Waals surface area (Å²) in [6.45, 7) is 4.56. The minimum absolute atomic E-state index is 0.557. The third kappa shape index (κ3) is 3.86. The van der Waals surface area contributed by atoms with E-state index in [2.05, 4.69) is 31.3 Å². The van der Waals surface area contributed by atoms with Gasteiger partial charge in [-0.2, -0.15) is 9.61 Å². The second kappa shape index (κ2) is 8.29. The molecule has 0 radical (unpaired) electrons. The van der Waals surface area contributed by atoms with Crippen molar-refractivity contribution < 1.29 is 9.94 Å². The molecule has 134 valence electrons. The molecule has 0 aliphatic heterocycles. The van der Waals surface area contributed by atoms with Crippen LogP contribution in [0.1, 0.15) is 19.4 Å². The van der Waals surface area contributed by atoms with Gasteiger partial charge < -0.3 is 5.32 Å². The quantitative estimate of drug-likeness (QED) is 0.370. The van der Waals surface area contributed by atoms with Crippen molar-refractivity contribution in [2.45, 2.75) is 20.4 Å². The Labute approximate surface area is 163 Å². The summed E-state index contributed by atoms with van der Waals surface area (Å²) in [5.41, 5.74) is 2.61. The highest BCUT2D eigenvalue weighted by atomic mass is 79.9. The Morgan fingerprint density at radius 1 is 1.31 bits per heavy atom. The average Bonchev–Trinajstić information content (AvgIpc) is 3.32. The number of aromatic nitrogens is 4. The van der Waals surface area contributed by atoms with Gasteiger partial charge in [0.15, 0.2) is 5.65 Å². The molecule has 0 saturated carbocycles. The highest BCUT2D eigenvalue weighted by Crippen LogP contribution is 2.28. The van der Waals surface area contributed by atoms with Gasteiger partial charge in [-0.3, -0.25) is 5.21 Å². The summed E-state index contributed by atoms with van der Waals surface area (Å²) < 4.78 is 3.65. The minimum Gasteiger partial charge on any atom is -0.366 e.